The van der Waals surface area contributed by atoms with Crippen molar-refractivity contribution in [1.29, 1.82) is 5.26 Å². The van der Waals surface area contributed by atoms with Crippen molar-refractivity contribution in [2.45, 2.75) is 39.0 Å². The van der Waals surface area contributed by atoms with Crippen molar-refractivity contribution >= 4 is 11.4 Å². The lowest BCUT2D eigenvalue weighted by Crippen LogP contribution is -2.24. The first kappa shape index (κ1) is 21.3. The number of hydrogen-bond donors (Lipinski definition) is 1. The average molecular weight is 419 g/mol. The Morgan fingerprint density at radius 2 is 1.81 bits per heavy atom. The van der Waals surface area contributed by atoms with Crippen molar-refractivity contribution in [3.63, 3.8) is 0 Å². The van der Waals surface area contributed by atoms with E-state index >= 15 is 0 Å². The first-order valence-electron chi connectivity index (χ1n) is 10.8. The molecule has 1 aliphatic heterocycles. The molecule has 2 aliphatic rings. The summed E-state index contributed by atoms with van der Waals surface area (Å²) in [5.74, 6) is 0.289. The van der Waals surface area contributed by atoms with Crippen LogP contribution in [-0.4, -0.2) is 24.1 Å². The lowest BCUT2D eigenvalue weighted by molar-refractivity contribution is -0.115. The van der Waals surface area contributed by atoms with Gasteiger partial charge >= 0.3 is 0 Å². The molecular weight excluding hydrogens is 393 g/mol. The number of carbonyl (C=O) groups is 1. The average Bonchev–Trinajstić information content (AvgIpc) is 2.76. The van der Waals surface area contributed by atoms with Gasteiger partial charge in [-0.3, -0.25) is 4.79 Å². The number of aryl methyl sites for hydroxylation is 1. The molecule has 0 spiro atoms. The lowest BCUT2D eigenvalue weighted by atomic mass is 9.77. The summed E-state index contributed by atoms with van der Waals surface area (Å²) in [7, 11) is 0. The zero-order chi connectivity index (χ0) is 22.0. The van der Waals surface area contributed by atoms with Crippen molar-refractivity contribution in [2.24, 2.45) is 11.8 Å². The number of allylic oxidation sites excluding steroid dienone is 2. The van der Waals surface area contributed by atoms with Crippen LogP contribution in [0.2, 0.25) is 0 Å². The third-order valence-electron chi connectivity index (χ3n) is 6.46. The highest BCUT2D eigenvalue weighted by Crippen LogP contribution is 2.38. The number of carbonyl (C=O) groups excluding carboxylic acids is 1. The van der Waals surface area contributed by atoms with Crippen LogP contribution in [0.4, 0.5) is 4.39 Å². The molecule has 31 heavy (non-hydrogen) atoms. The van der Waals surface area contributed by atoms with Crippen LogP contribution < -0.4 is 0 Å². The number of nitriles is 1. The van der Waals surface area contributed by atoms with Crippen molar-refractivity contribution in [3.05, 3.63) is 64.7 Å². The van der Waals surface area contributed by atoms with Gasteiger partial charge in [0.15, 0.2) is 5.78 Å². The van der Waals surface area contributed by atoms with E-state index in [-0.39, 0.29) is 23.0 Å². The molecule has 4 nitrogen and oxygen atoms in total. The number of aliphatic hydroxyl groups is 1. The Hall–Kier alpha value is -2.97. The quantitative estimate of drug-likeness (QED) is 0.686. The minimum Gasteiger partial charge on any atom is -0.512 e. The summed E-state index contributed by atoms with van der Waals surface area (Å²) in [6.07, 6.45) is 3.93. The number of hydrogen-bond acceptors (Lipinski definition) is 4. The Balaban J connectivity index is 1.62. The van der Waals surface area contributed by atoms with Crippen LogP contribution in [0.1, 0.15) is 48.8 Å². The molecule has 1 unspecified atom stereocenters. The largest absolute Gasteiger partial charge is 0.512 e. The first-order chi connectivity index (χ1) is 15.0. The predicted octanol–water partition coefficient (Wildman–Crippen LogP) is 5.74. The van der Waals surface area contributed by atoms with Gasteiger partial charge in [-0.25, -0.2) is 4.39 Å². The number of ether oxygens (including phenoxy) is 1. The number of ketones is 1. The molecule has 1 heterocycles. The number of benzene rings is 2. The normalized spacial score (nSPS) is 20.0. The van der Waals surface area contributed by atoms with Gasteiger partial charge in [-0.2, -0.15) is 5.26 Å². The fourth-order valence-corrected chi connectivity index (χ4v) is 4.76. The minimum absolute atomic E-state index is 0.0219. The number of rotatable bonds is 4. The van der Waals surface area contributed by atoms with Gasteiger partial charge in [0, 0.05) is 26.1 Å². The minimum atomic E-state index is -0.558. The zero-order valence-corrected chi connectivity index (χ0v) is 17.7. The first-order valence-corrected chi connectivity index (χ1v) is 10.8. The molecule has 1 N–H and O–H groups in total. The second-order valence-electron chi connectivity index (χ2n) is 8.65. The maximum absolute atomic E-state index is 13.7. The SMILES string of the molecule is Cc1ccc(-c2ccc(F)c(C#N)c2)cc1C1=C(O)CC(CC2CCOCC2)CC1=O. The van der Waals surface area contributed by atoms with Gasteiger partial charge in [0.05, 0.1) is 11.1 Å². The van der Waals surface area contributed by atoms with Crippen LogP contribution in [0.5, 0.6) is 0 Å². The highest BCUT2D eigenvalue weighted by Gasteiger charge is 2.31. The van der Waals surface area contributed by atoms with Crippen molar-refractivity contribution in [3.8, 4) is 17.2 Å². The Bertz CT molecular complexity index is 1080. The van der Waals surface area contributed by atoms with Gasteiger partial charge in [-0.05, 0) is 78.5 Å². The van der Waals surface area contributed by atoms with Gasteiger partial charge in [-0.15, -0.1) is 0 Å². The van der Waals surface area contributed by atoms with E-state index in [9.17, 15) is 14.3 Å². The fourth-order valence-electron chi connectivity index (χ4n) is 4.76. The molecule has 4 rings (SSSR count). The molecule has 0 radical (unpaired) electrons. The highest BCUT2D eigenvalue weighted by molar-refractivity contribution is 6.22. The Morgan fingerprint density at radius 1 is 1.10 bits per heavy atom. The smallest absolute Gasteiger partial charge is 0.167 e. The molecule has 2 aromatic carbocycles. The molecule has 0 saturated carbocycles. The second-order valence-corrected chi connectivity index (χ2v) is 8.65. The molecule has 160 valence electrons. The molecule has 0 bridgehead atoms. The van der Waals surface area contributed by atoms with Crippen molar-refractivity contribution in [2.75, 3.05) is 13.2 Å². The summed E-state index contributed by atoms with van der Waals surface area (Å²) < 4.78 is 19.1. The maximum Gasteiger partial charge on any atom is 0.167 e. The van der Waals surface area contributed by atoms with Gasteiger partial charge < -0.3 is 9.84 Å². The van der Waals surface area contributed by atoms with E-state index < -0.39 is 5.82 Å². The predicted molar refractivity (Wildman–Crippen MR) is 117 cm³/mol. The van der Waals surface area contributed by atoms with E-state index in [0.717, 1.165) is 43.6 Å². The van der Waals surface area contributed by atoms with Crippen LogP contribution in [0, 0.1) is 35.9 Å². The monoisotopic (exact) mass is 419 g/mol. The molecule has 2 aromatic rings. The maximum atomic E-state index is 13.7. The van der Waals surface area contributed by atoms with Gasteiger partial charge in [0.25, 0.3) is 0 Å². The lowest BCUT2D eigenvalue weighted by Gasteiger charge is -2.29. The van der Waals surface area contributed by atoms with Crippen LogP contribution >= 0.6 is 0 Å². The Kier molecular flexibility index (Phi) is 6.20. The summed E-state index contributed by atoms with van der Waals surface area (Å²) in [6, 6.07) is 11.9. The molecule has 1 aliphatic carbocycles. The van der Waals surface area contributed by atoms with E-state index in [1.807, 2.05) is 31.2 Å². The Morgan fingerprint density at radius 3 is 2.52 bits per heavy atom. The van der Waals surface area contributed by atoms with Crippen LogP contribution in [-0.2, 0) is 9.53 Å². The number of aliphatic hydroxyl groups excluding tert-OH is 1. The second kappa shape index (κ2) is 9.03. The summed E-state index contributed by atoms with van der Waals surface area (Å²) in [5.41, 5.74) is 3.43. The summed E-state index contributed by atoms with van der Waals surface area (Å²) in [6.45, 7) is 3.47. The van der Waals surface area contributed by atoms with Gasteiger partial charge in [0.1, 0.15) is 17.6 Å². The summed E-state index contributed by atoms with van der Waals surface area (Å²) in [5, 5.41) is 20.0. The van der Waals surface area contributed by atoms with Crippen molar-refractivity contribution < 1.29 is 19.0 Å². The van der Waals surface area contributed by atoms with E-state index in [1.54, 1.807) is 6.07 Å². The molecule has 0 amide bonds. The molecular formula is C26H26FNO3. The number of nitrogens with zero attached hydrogens (tertiary/aromatic N) is 1. The van der Waals surface area contributed by atoms with E-state index in [0.29, 0.717) is 35.5 Å². The molecule has 1 saturated heterocycles. The third kappa shape index (κ3) is 4.55. The fraction of sp³-hybridized carbons (Fsp3) is 0.385. The van der Waals surface area contributed by atoms with Crippen molar-refractivity contribution in [1.82, 2.24) is 0 Å². The number of halogens is 1. The van der Waals surface area contributed by atoms with E-state index in [2.05, 4.69) is 0 Å². The molecule has 5 heteroatoms. The topological polar surface area (TPSA) is 70.3 Å². The summed E-state index contributed by atoms with van der Waals surface area (Å²) in [4.78, 5) is 13.1. The van der Waals surface area contributed by atoms with Crippen LogP contribution in [0.25, 0.3) is 16.7 Å². The van der Waals surface area contributed by atoms with Gasteiger partial charge in [-0.1, -0.05) is 18.2 Å². The van der Waals surface area contributed by atoms with Crippen LogP contribution in [0.3, 0.4) is 0 Å². The third-order valence-corrected chi connectivity index (χ3v) is 6.46. The van der Waals surface area contributed by atoms with E-state index in [1.165, 1.54) is 12.1 Å². The molecule has 0 aromatic heterocycles. The van der Waals surface area contributed by atoms with Gasteiger partial charge in [0.2, 0.25) is 0 Å². The number of Topliss-reactive ketones (excluding diaryl/α,β-unsaturated/α-hetero) is 1. The summed E-state index contributed by atoms with van der Waals surface area (Å²) >= 11 is 0. The zero-order valence-electron chi connectivity index (χ0n) is 17.7. The van der Waals surface area contributed by atoms with E-state index in [4.69, 9.17) is 10.00 Å². The molecule has 1 atom stereocenters. The standard InChI is InChI=1S/C26H26FNO3/c1-16-2-3-20(19-4-5-23(27)21(13-19)15-28)14-22(16)26-24(29)11-18(12-25(26)30)10-17-6-8-31-9-7-17/h2-5,13-14,17-18,29H,6-12H2,1H3. The Labute approximate surface area is 182 Å². The van der Waals surface area contributed by atoms with Crippen LogP contribution in [0.15, 0.2) is 42.2 Å². The molecule has 1 fully saturated rings. The highest BCUT2D eigenvalue weighted by atomic mass is 19.1.